The Morgan fingerprint density at radius 3 is 1.16 bits per heavy atom. The maximum absolute atomic E-state index is 6.54. The van der Waals surface area contributed by atoms with Gasteiger partial charge in [0.05, 0.1) is 11.0 Å². The Hall–Kier alpha value is -6.84. The number of furan rings is 2. The Morgan fingerprint density at radius 1 is 0.294 bits per heavy atom. The normalized spacial score (nSPS) is 11.9. The van der Waals surface area contributed by atoms with Crippen LogP contribution in [0.5, 0.6) is 0 Å². The van der Waals surface area contributed by atoms with Crippen molar-refractivity contribution >= 4 is 65.7 Å². The summed E-state index contributed by atoms with van der Waals surface area (Å²) in [6.45, 7) is 0. The van der Waals surface area contributed by atoms with Gasteiger partial charge < -0.3 is 13.4 Å². The van der Waals surface area contributed by atoms with Gasteiger partial charge in [0.15, 0.2) is 11.2 Å². The molecule has 0 saturated carbocycles. The summed E-state index contributed by atoms with van der Waals surface area (Å²) in [5.41, 5.74) is 13.9. The largest absolute Gasteiger partial charge is 0.452 e. The average molecular weight is 652 g/mol. The minimum atomic E-state index is 0.784. The van der Waals surface area contributed by atoms with Crippen molar-refractivity contribution in [2.24, 2.45) is 0 Å². The second-order valence-electron chi connectivity index (χ2n) is 13.3. The molecule has 8 aromatic carbocycles. The smallest absolute Gasteiger partial charge is 0.178 e. The number of aromatic nitrogens is 1. The second kappa shape index (κ2) is 10.8. The van der Waals surface area contributed by atoms with E-state index >= 15 is 0 Å². The van der Waals surface area contributed by atoms with Gasteiger partial charge in [-0.1, -0.05) is 103 Å². The quantitative estimate of drug-likeness (QED) is 0.190. The van der Waals surface area contributed by atoms with E-state index in [9.17, 15) is 0 Å². The highest BCUT2D eigenvalue weighted by Gasteiger charge is 2.18. The summed E-state index contributed by atoms with van der Waals surface area (Å²) in [4.78, 5) is 0. The van der Waals surface area contributed by atoms with Gasteiger partial charge in [-0.05, 0) is 106 Å². The molecule has 3 heteroatoms. The van der Waals surface area contributed by atoms with E-state index in [1.807, 2.05) is 6.07 Å². The molecule has 11 rings (SSSR count). The van der Waals surface area contributed by atoms with Crippen LogP contribution in [0.15, 0.2) is 185 Å². The van der Waals surface area contributed by atoms with Gasteiger partial charge in [0.2, 0.25) is 0 Å². The fraction of sp³-hybridized carbons (Fsp3) is 0. The lowest BCUT2D eigenvalue weighted by Gasteiger charge is -2.08. The fourth-order valence-corrected chi connectivity index (χ4v) is 7.93. The zero-order chi connectivity index (χ0) is 33.5. The van der Waals surface area contributed by atoms with E-state index in [-0.39, 0.29) is 0 Å². The molecular weight excluding hydrogens is 623 g/mol. The zero-order valence-corrected chi connectivity index (χ0v) is 27.5. The van der Waals surface area contributed by atoms with Crippen LogP contribution in [0, 0.1) is 0 Å². The molecular formula is C48H29NO2. The molecule has 0 spiro atoms. The predicted molar refractivity (Wildman–Crippen MR) is 212 cm³/mol. The van der Waals surface area contributed by atoms with E-state index in [0.717, 1.165) is 60.7 Å². The number of fused-ring (bicyclic) bond motifs is 10. The first-order valence-corrected chi connectivity index (χ1v) is 17.3. The summed E-state index contributed by atoms with van der Waals surface area (Å²) in [6, 6.07) is 62.7. The average Bonchev–Trinajstić information content (AvgIpc) is 3.87. The first-order valence-electron chi connectivity index (χ1n) is 17.3. The summed E-state index contributed by atoms with van der Waals surface area (Å²) < 4.78 is 15.4. The molecule has 11 aromatic rings. The second-order valence-corrected chi connectivity index (χ2v) is 13.3. The molecule has 0 atom stereocenters. The molecule has 0 fully saturated rings. The minimum Gasteiger partial charge on any atom is -0.452 e. The molecule has 238 valence electrons. The van der Waals surface area contributed by atoms with Crippen LogP contribution in [0.3, 0.4) is 0 Å². The van der Waals surface area contributed by atoms with Crippen molar-refractivity contribution < 1.29 is 8.83 Å². The standard InChI is InChI=1S/C48H29NO2/c1-4-10-30(11-5-1)32-16-22-43-39(26-32)40-27-34(17-23-44(40)49(43)36-14-8-3-9-15-36)35-19-25-46-42(29-35)38-21-20-37-41-28-33(31-12-6-2-7-13-31)18-24-45(41)50-47(37)48(38)51-46/h1-29H. The van der Waals surface area contributed by atoms with Gasteiger partial charge in [-0.3, -0.25) is 0 Å². The number of para-hydroxylation sites is 1. The van der Waals surface area contributed by atoms with Crippen LogP contribution >= 0.6 is 0 Å². The predicted octanol–water partition coefficient (Wildman–Crippen LogP) is 13.6. The highest BCUT2D eigenvalue weighted by Crippen LogP contribution is 2.42. The van der Waals surface area contributed by atoms with Crippen LogP contribution in [0.25, 0.3) is 105 Å². The van der Waals surface area contributed by atoms with Gasteiger partial charge in [-0.25, -0.2) is 0 Å². The summed E-state index contributed by atoms with van der Waals surface area (Å²) in [5, 5.41) is 6.73. The van der Waals surface area contributed by atoms with E-state index in [2.05, 4.69) is 174 Å². The SMILES string of the molecule is c1ccc(-c2ccc3oc4c(ccc5c6cc(-c7ccc8c(c7)c7cc(-c9ccccc9)ccc7n8-c7ccccc7)ccc6oc54)c3c2)cc1. The molecule has 51 heavy (non-hydrogen) atoms. The molecule has 0 aliphatic carbocycles. The molecule has 0 aliphatic rings. The lowest BCUT2D eigenvalue weighted by atomic mass is 9.99. The number of nitrogens with zero attached hydrogens (tertiary/aromatic N) is 1. The number of benzene rings is 8. The molecule has 3 nitrogen and oxygen atoms in total. The topological polar surface area (TPSA) is 31.2 Å². The lowest BCUT2D eigenvalue weighted by molar-refractivity contribution is 0.633. The third-order valence-electron chi connectivity index (χ3n) is 10.4. The first-order chi connectivity index (χ1) is 25.3. The van der Waals surface area contributed by atoms with Gasteiger partial charge >= 0.3 is 0 Å². The zero-order valence-electron chi connectivity index (χ0n) is 27.5. The summed E-state index contributed by atoms with van der Waals surface area (Å²) in [7, 11) is 0. The van der Waals surface area contributed by atoms with E-state index in [1.165, 1.54) is 44.1 Å². The van der Waals surface area contributed by atoms with Crippen LogP contribution < -0.4 is 0 Å². The van der Waals surface area contributed by atoms with Crippen molar-refractivity contribution in [3.8, 4) is 39.1 Å². The summed E-state index contributed by atoms with van der Waals surface area (Å²) in [5.74, 6) is 0. The van der Waals surface area contributed by atoms with E-state index in [0.29, 0.717) is 0 Å². The summed E-state index contributed by atoms with van der Waals surface area (Å²) >= 11 is 0. The van der Waals surface area contributed by atoms with Crippen molar-refractivity contribution in [1.29, 1.82) is 0 Å². The Balaban J connectivity index is 1.08. The van der Waals surface area contributed by atoms with Gasteiger partial charge in [-0.15, -0.1) is 0 Å². The fourth-order valence-electron chi connectivity index (χ4n) is 7.93. The van der Waals surface area contributed by atoms with Crippen LogP contribution in [-0.4, -0.2) is 4.57 Å². The lowest BCUT2D eigenvalue weighted by Crippen LogP contribution is -1.93. The molecule has 0 aliphatic heterocycles. The van der Waals surface area contributed by atoms with Gasteiger partial charge in [0.1, 0.15) is 11.2 Å². The van der Waals surface area contributed by atoms with Crippen molar-refractivity contribution in [3.63, 3.8) is 0 Å². The van der Waals surface area contributed by atoms with E-state index in [1.54, 1.807) is 0 Å². The van der Waals surface area contributed by atoms with Crippen LogP contribution in [0.1, 0.15) is 0 Å². The third kappa shape index (κ3) is 4.32. The number of hydrogen-bond acceptors (Lipinski definition) is 2. The Labute approximate surface area is 293 Å². The summed E-state index contributed by atoms with van der Waals surface area (Å²) in [6.07, 6.45) is 0. The molecule has 0 bridgehead atoms. The molecule has 0 saturated heterocycles. The molecule has 0 radical (unpaired) electrons. The van der Waals surface area contributed by atoms with Crippen molar-refractivity contribution in [3.05, 3.63) is 176 Å². The highest BCUT2D eigenvalue weighted by atomic mass is 16.4. The molecule has 0 N–H and O–H groups in total. The van der Waals surface area contributed by atoms with Crippen LogP contribution in [0.4, 0.5) is 0 Å². The number of rotatable bonds is 4. The van der Waals surface area contributed by atoms with Gasteiger partial charge in [0, 0.05) is 38.0 Å². The van der Waals surface area contributed by atoms with Crippen molar-refractivity contribution in [2.75, 3.05) is 0 Å². The maximum atomic E-state index is 6.54. The molecule has 0 unspecified atom stereocenters. The monoisotopic (exact) mass is 651 g/mol. The van der Waals surface area contributed by atoms with Crippen LogP contribution in [0.2, 0.25) is 0 Å². The number of hydrogen-bond donors (Lipinski definition) is 0. The Bertz CT molecular complexity index is 3110. The highest BCUT2D eigenvalue weighted by molar-refractivity contribution is 6.20. The Kier molecular flexibility index (Phi) is 5.96. The van der Waals surface area contributed by atoms with Crippen molar-refractivity contribution in [1.82, 2.24) is 4.57 Å². The first kappa shape index (κ1) is 28.0. The molecule has 3 aromatic heterocycles. The van der Waals surface area contributed by atoms with E-state index < -0.39 is 0 Å². The maximum Gasteiger partial charge on any atom is 0.178 e. The third-order valence-corrected chi connectivity index (χ3v) is 10.4. The van der Waals surface area contributed by atoms with Gasteiger partial charge in [-0.2, -0.15) is 0 Å². The van der Waals surface area contributed by atoms with Gasteiger partial charge in [0.25, 0.3) is 0 Å². The molecule has 3 heterocycles. The van der Waals surface area contributed by atoms with Crippen LogP contribution in [-0.2, 0) is 0 Å². The van der Waals surface area contributed by atoms with Crippen molar-refractivity contribution in [2.45, 2.75) is 0 Å². The van der Waals surface area contributed by atoms with E-state index in [4.69, 9.17) is 8.83 Å². The molecule has 0 amide bonds. The Morgan fingerprint density at radius 2 is 0.686 bits per heavy atom. The minimum absolute atomic E-state index is 0.784.